The Morgan fingerprint density at radius 3 is 1.89 bits per heavy atom. The van der Waals surface area contributed by atoms with Gasteiger partial charge in [-0.1, -0.05) is 6.07 Å². The second-order valence-electron chi connectivity index (χ2n) is 6.47. The Labute approximate surface area is 159 Å². The van der Waals surface area contributed by atoms with Crippen LogP contribution in [0.15, 0.2) is 36.4 Å². The fraction of sp³-hybridized carbons (Fsp3) is 0.263. The Balaban J connectivity index is 1.67. The summed E-state index contributed by atoms with van der Waals surface area (Å²) in [5, 5.41) is 11.1. The number of nitrogens with zero attached hydrogens (tertiary/aromatic N) is 3. The maximum absolute atomic E-state index is 13.3. The molecule has 0 aromatic heterocycles. The molecule has 2 aromatic carbocycles. The van der Waals surface area contributed by atoms with Crippen LogP contribution in [0.4, 0.5) is 14.5 Å². The van der Waals surface area contributed by atoms with Gasteiger partial charge >= 0.3 is 0 Å². The molecular formula is C19H17F2N3O4. The van der Waals surface area contributed by atoms with Gasteiger partial charge in [-0.15, -0.1) is 0 Å². The first-order valence-electron chi connectivity index (χ1n) is 8.56. The Morgan fingerprint density at radius 2 is 1.39 bits per heavy atom. The van der Waals surface area contributed by atoms with Crippen LogP contribution in [0, 0.1) is 28.7 Å². The molecule has 0 bridgehead atoms. The minimum atomic E-state index is -1.10. The normalized spacial score (nSPS) is 14.1. The molecular weight excluding hydrogens is 372 g/mol. The van der Waals surface area contributed by atoms with E-state index >= 15 is 0 Å². The molecule has 0 radical (unpaired) electrons. The average Bonchev–Trinajstić information content (AvgIpc) is 2.69. The van der Waals surface area contributed by atoms with Gasteiger partial charge in [0.1, 0.15) is 0 Å². The molecule has 9 heteroatoms. The van der Waals surface area contributed by atoms with E-state index in [0.29, 0.717) is 5.56 Å². The highest BCUT2D eigenvalue weighted by Gasteiger charge is 2.27. The Kier molecular flexibility index (Phi) is 5.34. The number of aryl methyl sites for hydroxylation is 1. The minimum Gasteiger partial charge on any atom is -0.335 e. The quantitative estimate of drug-likeness (QED) is 0.597. The second kappa shape index (κ2) is 7.71. The number of piperazine rings is 1. The van der Waals surface area contributed by atoms with Gasteiger partial charge in [-0.2, -0.15) is 0 Å². The third kappa shape index (κ3) is 3.83. The Hall–Kier alpha value is -3.36. The van der Waals surface area contributed by atoms with Gasteiger partial charge in [0.25, 0.3) is 17.5 Å². The van der Waals surface area contributed by atoms with E-state index in [9.17, 15) is 28.5 Å². The smallest absolute Gasteiger partial charge is 0.273 e. The molecule has 1 heterocycles. The van der Waals surface area contributed by atoms with Crippen LogP contribution in [-0.2, 0) is 0 Å². The van der Waals surface area contributed by atoms with Crippen molar-refractivity contribution in [1.29, 1.82) is 0 Å². The predicted octanol–water partition coefficient (Wildman–Crippen LogP) is 2.78. The van der Waals surface area contributed by atoms with Crippen LogP contribution in [0.2, 0.25) is 0 Å². The summed E-state index contributed by atoms with van der Waals surface area (Å²) in [4.78, 5) is 38.5. The lowest BCUT2D eigenvalue weighted by Gasteiger charge is -2.34. The molecule has 0 N–H and O–H groups in total. The summed E-state index contributed by atoms with van der Waals surface area (Å²) >= 11 is 0. The zero-order valence-electron chi connectivity index (χ0n) is 15.0. The molecule has 146 valence electrons. The standard InChI is InChI=1S/C19H17F2N3O4/c1-12-2-3-14(11-17(12)24(27)28)19(26)23-8-6-22(7-9-23)18(25)13-4-5-15(20)16(21)10-13/h2-5,10-11H,6-9H2,1H3. The number of carbonyl (C=O) groups is 2. The number of carbonyl (C=O) groups excluding carboxylic acids is 2. The van der Waals surface area contributed by atoms with Crippen molar-refractivity contribution in [3.05, 3.63) is 74.8 Å². The molecule has 0 aliphatic carbocycles. The largest absolute Gasteiger partial charge is 0.335 e. The van der Waals surface area contributed by atoms with Gasteiger partial charge in [-0.25, -0.2) is 8.78 Å². The van der Waals surface area contributed by atoms with Gasteiger partial charge in [-0.3, -0.25) is 19.7 Å². The fourth-order valence-electron chi connectivity index (χ4n) is 3.05. The summed E-state index contributed by atoms with van der Waals surface area (Å²) in [7, 11) is 0. The van der Waals surface area contributed by atoms with E-state index in [1.54, 1.807) is 6.92 Å². The van der Waals surface area contributed by atoms with Crippen molar-refractivity contribution in [2.75, 3.05) is 26.2 Å². The van der Waals surface area contributed by atoms with Crippen LogP contribution in [-0.4, -0.2) is 52.7 Å². The van der Waals surface area contributed by atoms with Gasteiger partial charge in [0.15, 0.2) is 11.6 Å². The van der Waals surface area contributed by atoms with E-state index in [0.717, 1.165) is 12.1 Å². The van der Waals surface area contributed by atoms with E-state index in [1.807, 2.05) is 0 Å². The summed E-state index contributed by atoms with van der Waals surface area (Å²) in [6, 6.07) is 7.26. The lowest BCUT2D eigenvalue weighted by atomic mass is 10.1. The Morgan fingerprint density at radius 1 is 0.893 bits per heavy atom. The molecule has 3 rings (SSSR count). The van der Waals surface area contributed by atoms with Crippen LogP contribution in [0.3, 0.4) is 0 Å². The average molecular weight is 389 g/mol. The minimum absolute atomic E-state index is 0.0350. The maximum Gasteiger partial charge on any atom is 0.273 e. The first kappa shape index (κ1) is 19.4. The lowest BCUT2D eigenvalue weighted by molar-refractivity contribution is -0.385. The molecule has 0 atom stereocenters. The van der Waals surface area contributed by atoms with Crippen molar-refractivity contribution in [3.63, 3.8) is 0 Å². The maximum atomic E-state index is 13.3. The molecule has 1 aliphatic rings. The van der Waals surface area contributed by atoms with E-state index in [-0.39, 0.29) is 48.9 Å². The highest BCUT2D eigenvalue weighted by molar-refractivity contribution is 5.96. The van der Waals surface area contributed by atoms with E-state index in [2.05, 4.69) is 0 Å². The van der Waals surface area contributed by atoms with Crippen molar-refractivity contribution in [2.24, 2.45) is 0 Å². The number of halogens is 2. The first-order valence-corrected chi connectivity index (χ1v) is 8.56. The highest BCUT2D eigenvalue weighted by atomic mass is 19.2. The molecule has 0 saturated carbocycles. The Bertz CT molecular complexity index is 956. The fourth-order valence-corrected chi connectivity index (χ4v) is 3.05. The number of benzene rings is 2. The van der Waals surface area contributed by atoms with Crippen molar-refractivity contribution in [3.8, 4) is 0 Å². The summed E-state index contributed by atoms with van der Waals surface area (Å²) in [6.07, 6.45) is 0. The van der Waals surface area contributed by atoms with Crippen LogP contribution in [0.5, 0.6) is 0 Å². The predicted molar refractivity (Wildman–Crippen MR) is 96.0 cm³/mol. The van der Waals surface area contributed by atoms with Gasteiger partial charge in [0, 0.05) is 48.9 Å². The lowest BCUT2D eigenvalue weighted by Crippen LogP contribution is -2.50. The van der Waals surface area contributed by atoms with Crippen molar-refractivity contribution in [2.45, 2.75) is 6.92 Å². The third-order valence-electron chi connectivity index (χ3n) is 4.67. The van der Waals surface area contributed by atoms with Gasteiger partial charge in [0.05, 0.1) is 4.92 Å². The third-order valence-corrected chi connectivity index (χ3v) is 4.67. The van der Waals surface area contributed by atoms with Crippen molar-refractivity contribution < 1.29 is 23.3 Å². The van der Waals surface area contributed by atoms with E-state index in [1.165, 1.54) is 34.1 Å². The summed E-state index contributed by atoms with van der Waals surface area (Å²) in [6.45, 7) is 2.50. The van der Waals surface area contributed by atoms with Gasteiger partial charge in [0.2, 0.25) is 0 Å². The van der Waals surface area contributed by atoms with Crippen LogP contribution < -0.4 is 0 Å². The molecule has 1 aliphatic heterocycles. The molecule has 7 nitrogen and oxygen atoms in total. The van der Waals surface area contributed by atoms with Crippen LogP contribution in [0.1, 0.15) is 26.3 Å². The molecule has 0 spiro atoms. The van der Waals surface area contributed by atoms with Crippen molar-refractivity contribution in [1.82, 2.24) is 9.80 Å². The van der Waals surface area contributed by atoms with Crippen LogP contribution in [0.25, 0.3) is 0 Å². The highest BCUT2D eigenvalue weighted by Crippen LogP contribution is 2.21. The summed E-state index contributed by atoms with van der Waals surface area (Å²) in [5.74, 6) is -2.93. The monoisotopic (exact) mass is 389 g/mol. The molecule has 1 saturated heterocycles. The number of nitro benzene ring substituents is 1. The van der Waals surface area contributed by atoms with Gasteiger partial charge < -0.3 is 9.80 Å². The number of nitro groups is 1. The number of amides is 2. The number of hydrogen-bond acceptors (Lipinski definition) is 4. The van der Waals surface area contributed by atoms with E-state index < -0.39 is 22.5 Å². The number of hydrogen-bond donors (Lipinski definition) is 0. The second-order valence-corrected chi connectivity index (χ2v) is 6.47. The van der Waals surface area contributed by atoms with Crippen molar-refractivity contribution >= 4 is 17.5 Å². The zero-order valence-corrected chi connectivity index (χ0v) is 15.0. The molecule has 2 amide bonds. The zero-order chi connectivity index (χ0) is 20.4. The first-order chi connectivity index (χ1) is 13.3. The van der Waals surface area contributed by atoms with E-state index in [4.69, 9.17) is 0 Å². The summed E-state index contributed by atoms with van der Waals surface area (Å²) in [5.41, 5.74) is 0.576. The molecule has 2 aromatic rings. The molecule has 0 unspecified atom stereocenters. The molecule has 28 heavy (non-hydrogen) atoms. The summed E-state index contributed by atoms with van der Waals surface area (Å²) < 4.78 is 26.4. The topological polar surface area (TPSA) is 83.8 Å². The molecule has 1 fully saturated rings. The number of rotatable bonds is 3. The van der Waals surface area contributed by atoms with Crippen LogP contribution >= 0.6 is 0 Å². The SMILES string of the molecule is Cc1ccc(C(=O)N2CCN(C(=O)c3ccc(F)c(F)c3)CC2)cc1[N+](=O)[O-]. The van der Waals surface area contributed by atoms with Gasteiger partial charge in [-0.05, 0) is 31.2 Å².